The summed E-state index contributed by atoms with van der Waals surface area (Å²) in [6, 6.07) is 4.73. The van der Waals surface area contributed by atoms with Crippen LogP contribution in [0.3, 0.4) is 0 Å². The van der Waals surface area contributed by atoms with Gasteiger partial charge in [-0.3, -0.25) is 14.9 Å². The predicted octanol–water partition coefficient (Wildman–Crippen LogP) is 0.376. The number of imide groups is 1. The first-order chi connectivity index (χ1) is 8.82. The Bertz CT molecular complexity index is 644. The largest absolute Gasteiger partial charge is 0.294 e. The Hall–Kier alpha value is -1.44. The van der Waals surface area contributed by atoms with Gasteiger partial charge in [0.25, 0.3) is 0 Å². The summed E-state index contributed by atoms with van der Waals surface area (Å²) in [6.07, 6.45) is 0. The minimum Gasteiger partial charge on any atom is -0.294 e. The molecule has 1 N–H and O–H groups in total. The van der Waals surface area contributed by atoms with E-state index >= 15 is 0 Å². The maximum Gasteiger partial charge on any atom is 0.244 e. The highest BCUT2D eigenvalue weighted by Gasteiger charge is 2.38. The third-order valence-corrected chi connectivity index (χ3v) is 4.92. The number of amides is 2. The van der Waals surface area contributed by atoms with Gasteiger partial charge in [0.2, 0.25) is 21.8 Å². The fourth-order valence-electron chi connectivity index (χ4n) is 1.75. The van der Waals surface area contributed by atoms with Crippen molar-refractivity contribution in [1.29, 1.82) is 0 Å². The van der Waals surface area contributed by atoms with Crippen LogP contribution in [0.15, 0.2) is 29.2 Å². The smallest absolute Gasteiger partial charge is 0.244 e. The number of nitrogens with one attached hydrogen (secondary N) is 1. The fraction of sp³-hybridized carbons (Fsp3) is 0.273. The van der Waals surface area contributed by atoms with Crippen LogP contribution in [0.2, 0.25) is 5.02 Å². The van der Waals surface area contributed by atoms with Gasteiger partial charge in [-0.25, -0.2) is 8.42 Å². The standard InChI is InChI=1S/C11H11ClN2O4S/c1-7-11(16)13-10(15)6-14(7)19(17,18)9-4-2-3-8(12)5-9/h2-5,7H,6H2,1H3,(H,13,15,16). The second kappa shape index (κ2) is 4.92. The molecule has 1 aromatic carbocycles. The zero-order valence-electron chi connectivity index (χ0n) is 9.96. The van der Waals surface area contributed by atoms with E-state index < -0.39 is 27.9 Å². The third-order valence-electron chi connectivity index (χ3n) is 2.78. The Labute approximate surface area is 115 Å². The summed E-state index contributed by atoms with van der Waals surface area (Å²) in [5.41, 5.74) is 0. The van der Waals surface area contributed by atoms with Crippen LogP contribution in [-0.2, 0) is 19.6 Å². The Morgan fingerprint density at radius 2 is 2.05 bits per heavy atom. The molecule has 1 saturated heterocycles. The van der Waals surface area contributed by atoms with E-state index in [4.69, 9.17) is 11.6 Å². The molecule has 8 heteroatoms. The average Bonchev–Trinajstić information content (AvgIpc) is 2.33. The van der Waals surface area contributed by atoms with Gasteiger partial charge in [-0.05, 0) is 25.1 Å². The molecular formula is C11H11ClN2O4S. The van der Waals surface area contributed by atoms with Crippen LogP contribution in [0.4, 0.5) is 0 Å². The molecule has 1 unspecified atom stereocenters. The minimum absolute atomic E-state index is 0.0469. The van der Waals surface area contributed by atoms with E-state index in [1.807, 2.05) is 0 Å². The van der Waals surface area contributed by atoms with E-state index in [1.54, 1.807) is 0 Å². The molecule has 0 bridgehead atoms. The van der Waals surface area contributed by atoms with Gasteiger partial charge >= 0.3 is 0 Å². The maximum atomic E-state index is 12.4. The van der Waals surface area contributed by atoms with Crippen LogP contribution < -0.4 is 5.32 Å². The number of nitrogens with zero attached hydrogens (tertiary/aromatic N) is 1. The van der Waals surface area contributed by atoms with Gasteiger partial charge in [0.15, 0.2) is 0 Å². The number of sulfonamides is 1. The summed E-state index contributed by atoms with van der Waals surface area (Å²) in [5, 5.41) is 2.35. The number of halogens is 1. The van der Waals surface area contributed by atoms with Crippen molar-refractivity contribution in [2.45, 2.75) is 17.9 Å². The molecule has 1 aliphatic rings. The van der Waals surface area contributed by atoms with Crippen LogP contribution in [0.5, 0.6) is 0 Å². The van der Waals surface area contributed by atoms with Crippen LogP contribution in [-0.4, -0.2) is 37.1 Å². The van der Waals surface area contributed by atoms with Gasteiger partial charge in [-0.1, -0.05) is 17.7 Å². The lowest BCUT2D eigenvalue weighted by Gasteiger charge is -2.30. The number of hydrogen-bond donors (Lipinski definition) is 1. The van der Waals surface area contributed by atoms with Crippen LogP contribution >= 0.6 is 11.6 Å². The van der Waals surface area contributed by atoms with Crippen molar-refractivity contribution in [1.82, 2.24) is 9.62 Å². The number of rotatable bonds is 2. The fourth-order valence-corrected chi connectivity index (χ4v) is 3.60. The van der Waals surface area contributed by atoms with Crippen molar-refractivity contribution < 1.29 is 18.0 Å². The van der Waals surface area contributed by atoms with E-state index in [9.17, 15) is 18.0 Å². The van der Waals surface area contributed by atoms with E-state index in [-0.39, 0.29) is 16.5 Å². The lowest BCUT2D eigenvalue weighted by molar-refractivity contribution is -0.136. The average molecular weight is 303 g/mol. The Kier molecular flexibility index (Phi) is 3.62. The topological polar surface area (TPSA) is 83.6 Å². The van der Waals surface area contributed by atoms with Crippen LogP contribution in [0.25, 0.3) is 0 Å². The summed E-state index contributed by atoms with van der Waals surface area (Å²) >= 11 is 5.75. The highest BCUT2D eigenvalue weighted by Crippen LogP contribution is 2.22. The molecule has 1 atom stereocenters. The highest BCUT2D eigenvalue weighted by atomic mass is 35.5. The van der Waals surface area contributed by atoms with Crippen molar-refractivity contribution in [3.05, 3.63) is 29.3 Å². The predicted molar refractivity (Wildman–Crippen MR) is 68.0 cm³/mol. The van der Waals surface area contributed by atoms with E-state index in [0.717, 1.165) is 4.31 Å². The molecule has 0 saturated carbocycles. The van der Waals surface area contributed by atoms with Gasteiger partial charge in [-0.2, -0.15) is 4.31 Å². The number of benzene rings is 1. The lowest BCUT2D eigenvalue weighted by atomic mass is 10.2. The first-order valence-electron chi connectivity index (χ1n) is 5.43. The lowest BCUT2D eigenvalue weighted by Crippen LogP contribution is -2.58. The second-order valence-electron chi connectivity index (χ2n) is 4.10. The number of carbonyl (C=O) groups excluding carboxylic acids is 2. The summed E-state index contributed by atoms with van der Waals surface area (Å²) in [5.74, 6) is -1.28. The van der Waals surface area contributed by atoms with E-state index in [1.165, 1.54) is 31.2 Å². The number of piperazine rings is 1. The highest BCUT2D eigenvalue weighted by molar-refractivity contribution is 7.89. The van der Waals surface area contributed by atoms with Gasteiger partial charge in [0.05, 0.1) is 11.4 Å². The molecule has 102 valence electrons. The summed E-state index contributed by atoms with van der Waals surface area (Å²) in [4.78, 5) is 22.8. The summed E-state index contributed by atoms with van der Waals surface area (Å²) in [6.45, 7) is 1.03. The van der Waals surface area contributed by atoms with Crippen molar-refractivity contribution >= 4 is 33.4 Å². The van der Waals surface area contributed by atoms with E-state index in [2.05, 4.69) is 5.32 Å². The molecule has 6 nitrogen and oxygen atoms in total. The maximum absolute atomic E-state index is 12.4. The minimum atomic E-state index is -3.93. The molecule has 2 amide bonds. The first-order valence-corrected chi connectivity index (χ1v) is 7.25. The molecule has 0 spiro atoms. The summed E-state index contributed by atoms with van der Waals surface area (Å²) < 4.78 is 25.6. The zero-order chi connectivity index (χ0) is 14.2. The first kappa shape index (κ1) is 14.0. The van der Waals surface area contributed by atoms with Gasteiger partial charge in [0.1, 0.15) is 6.04 Å². The van der Waals surface area contributed by atoms with Crippen molar-refractivity contribution in [2.24, 2.45) is 0 Å². The molecule has 0 aromatic heterocycles. The van der Waals surface area contributed by atoms with Gasteiger partial charge < -0.3 is 0 Å². The molecule has 2 rings (SSSR count). The quantitative estimate of drug-likeness (QED) is 0.800. The SMILES string of the molecule is CC1C(=O)NC(=O)CN1S(=O)(=O)c1cccc(Cl)c1. The van der Waals surface area contributed by atoms with Crippen LogP contribution in [0, 0.1) is 0 Å². The van der Waals surface area contributed by atoms with Crippen molar-refractivity contribution in [3.63, 3.8) is 0 Å². The summed E-state index contributed by atoms with van der Waals surface area (Å²) in [7, 11) is -3.93. The van der Waals surface area contributed by atoms with Crippen molar-refractivity contribution in [3.8, 4) is 0 Å². The molecular weight excluding hydrogens is 292 g/mol. The Morgan fingerprint density at radius 1 is 1.37 bits per heavy atom. The molecule has 1 fully saturated rings. The Morgan fingerprint density at radius 3 is 2.68 bits per heavy atom. The molecule has 19 heavy (non-hydrogen) atoms. The number of hydrogen-bond acceptors (Lipinski definition) is 4. The molecule has 1 aliphatic heterocycles. The molecule has 0 radical (unpaired) electrons. The van der Waals surface area contributed by atoms with E-state index in [0.29, 0.717) is 0 Å². The molecule has 1 aromatic rings. The Balaban J connectivity index is 2.44. The van der Waals surface area contributed by atoms with Gasteiger partial charge in [-0.15, -0.1) is 0 Å². The van der Waals surface area contributed by atoms with Gasteiger partial charge in [0, 0.05) is 5.02 Å². The molecule has 1 heterocycles. The number of carbonyl (C=O) groups is 2. The normalized spacial score (nSPS) is 21.3. The zero-order valence-corrected chi connectivity index (χ0v) is 11.5. The monoisotopic (exact) mass is 302 g/mol. The molecule has 0 aliphatic carbocycles. The second-order valence-corrected chi connectivity index (χ2v) is 6.42. The van der Waals surface area contributed by atoms with Crippen LogP contribution in [0.1, 0.15) is 6.92 Å². The van der Waals surface area contributed by atoms with Crippen molar-refractivity contribution in [2.75, 3.05) is 6.54 Å². The third kappa shape index (κ3) is 2.63.